The minimum Gasteiger partial charge on any atom is -0.303 e. The van der Waals surface area contributed by atoms with Crippen LogP contribution in [0, 0.1) is 6.42 Å². The molecule has 0 saturated carbocycles. The summed E-state index contributed by atoms with van der Waals surface area (Å²) in [5.41, 5.74) is 0. The highest BCUT2D eigenvalue weighted by Crippen LogP contribution is 2.07. The third kappa shape index (κ3) is 2.35. The molecular formula is C8H16N. The largest absolute Gasteiger partial charge is 0.303 e. The van der Waals surface area contributed by atoms with E-state index in [1.165, 1.54) is 38.9 Å². The monoisotopic (exact) mass is 126 g/mol. The molecule has 9 heavy (non-hydrogen) atoms. The standard InChI is InChI=1S/C8H16N/c1-2-3-6-9-7-4-5-8-9/h3H,2,4-8H2,1H3. The molecule has 1 rings (SSSR count). The van der Waals surface area contributed by atoms with Crippen molar-refractivity contribution in [1.29, 1.82) is 0 Å². The molecule has 1 aliphatic rings. The van der Waals surface area contributed by atoms with Crippen LogP contribution in [0.3, 0.4) is 0 Å². The maximum atomic E-state index is 2.52. The number of rotatable bonds is 3. The van der Waals surface area contributed by atoms with Crippen LogP contribution >= 0.6 is 0 Å². The molecule has 1 nitrogen and oxygen atoms in total. The van der Waals surface area contributed by atoms with Gasteiger partial charge in [-0.15, -0.1) is 0 Å². The molecule has 1 radical (unpaired) electrons. The first-order valence-corrected chi connectivity index (χ1v) is 3.97. The van der Waals surface area contributed by atoms with Gasteiger partial charge >= 0.3 is 0 Å². The molecule has 0 atom stereocenters. The maximum absolute atomic E-state index is 2.52. The van der Waals surface area contributed by atoms with E-state index in [0.717, 1.165) is 0 Å². The first kappa shape index (κ1) is 7.07. The lowest BCUT2D eigenvalue weighted by Gasteiger charge is -2.12. The summed E-state index contributed by atoms with van der Waals surface area (Å²) in [5, 5.41) is 0. The average molecular weight is 126 g/mol. The van der Waals surface area contributed by atoms with Gasteiger partial charge in [0.2, 0.25) is 0 Å². The zero-order valence-electron chi connectivity index (χ0n) is 6.27. The molecule has 0 aromatic rings. The molecule has 1 aliphatic heterocycles. The Balaban J connectivity index is 1.98. The molecule has 1 heterocycles. The summed E-state index contributed by atoms with van der Waals surface area (Å²) in [6.45, 7) is 6.08. The lowest BCUT2D eigenvalue weighted by atomic mass is 10.3. The second-order valence-electron chi connectivity index (χ2n) is 2.70. The summed E-state index contributed by atoms with van der Waals surface area (Å²) in [6.07, 6.45) is 6.40. The van der Waals surface area contributed by atoms with Crippen molar-refractivity contribution in [2.75, 3.05) is 19.6 Å². The minimum atomic E-state index is 1.22. The van der Waals surface area contributed by atoms with Crippen LogP contribution in [0.1, 0.15) is 26.2 Å². The Morgan fingerprint density at radius 2 is 2.00 bits per heavy atom. The van der Waals surface area contributed by atoms with Crippen LogP contribution in [0.5, 0.6) is 0 Å². The fourth-order valence-electron chi connectivity index (χ4n) is 1.28. The fourth-order valence-corrected chi connectivity index (χ4v) is 1.28. The molecule has 0 aromatic carbocycles. The molecule has 0 bridgehead atoms. The third-order valence-corrected chi connectivity index (χ3v) is 1.87. The highest BCUT2D eigenvalue weighted by molar-refractivity contribution is 4.73. The van der Waals surface area contributed by atoms with Crippen LogP contribution in [0.4, 0.5) is 0 Å². The Kier molecular flexibility index (Phi) is 3.05. The fraction of sp³-hybridized carbons (Fsp3) is 0.875. The van der Waals surface area contributed by atoms with Gasteiger partial charge in [0.25, 0.3) is 0 Å². The van der Waals surface area contributed by atoms with E-state index in [1.54, 1.807) is 0 Å². The SMILES string of the molecule is CC[CH]CN1CCCC1. The molecule has 1 heteroatoms. The van der Waals surface area contributed by atoms with Gasteiger partial charge in [0.05, 0.1) is 0 Å². The first-order chi connectivity index (χ1) is 4.43. The normalized spacial score (nSPS) is 21.0. The first-order valence-electron chi connectivity index (χ1n) is 3.97. The van der Waals surface area contributed by atoms with Crippen LogP contribution in [0.15, 0.2) is 0 Å². The Morgan fingerprint density at radius 3 is 2.56 bits per heavy atom. The highest BCUT2D eigenvalue weighted by Gasteiger charge is 2.09. The molecule has 0 spiro atoms. The second-order valence-corrected chi connectivity index (χ2v) is 2.70. The van der Waals surface area contributed by atoms with Gasteiger partial charge in [0.1, 0.15) is 0 Å². The number of nitrogens with zero attached hydrogens (tertiary/aromatic N) is 1. The summed E-state index contributed by atoms with van der Waals surface area (Å²) in [4.78, 5) is 2.52. The van der Waals surface area contributed by atoms with Gasteiger partial charge in [-0.05, 0) is 32.4 Å². The van der Waals surface area contributed by atoms with Crippen molar-refractivity contribution in [3.63, 3.8) is 0 Å². The molecule has 53 valence electrons. The van der Waals surface area contributed by atoms with Gasteiger partial charge in [0.15, 0.2) is 0 Å². The van der Waals surface area contributed by atoms with Gasteiger partial charge in [-0.3, -0.25) is 0 Å². The Hall–Kier alpha value is -0.0400. The van der Waals surface area contributed by atoms with Gasteiger partial charge in [-0.25, -0.2) is 0 Å². The zero-order valence-corrected chi connectivity index (χ0v) is 6.27. The van der Waals surface area contributed by atoms with E-state index in [-0.39, 0.29) is 0 Å². The zero-order chi connectivity index (χ0) is 6.53. The molecule has 0 unspecified atom stereocenters. The molecular weight excluding hydrogens is 110 g/mol. The lowest BCUT2D eigenvalue weighted by Crippen LogP contribution is -2.20. The number of likely N-dealkylation sites (tertiary alicyclic amines) is 1. The maximum Gasteiger partial charge on any atom is 0.00127 e. The van der Waals surface area contributed by atoms with Gasteiger partial charge < -0.3 is 4.90 Å². The molecule has 1 saturated heterocycles. The smallest absolute Gasteiger partial charge is 0.00127 e. The Morgan fingerprint density at radius 1 is 1.33 bits per heavy atom. The average Bonchev–Trinajstić information content (AvgIpc) is 2.34. The number of hydrogen-bond donors (Lipinski definition) is 0. The molecule has 0 amide bonds. The second kappa shape index (κ2) is 3.89. The van der Waals surface area contributed by atoms with E-state index >= 15 is 0 Å². The van der Waals surface area contributed by atoms with E-state index in [4.69, 9.17) is 0 Å². The van der Waals surface area contributed by atoms with Crippen LogP contribution in [0.2, 0.25) is 0 Å². The van der Waals surface area contributed by atoms with Crippen LogP contribution in [0.25, 0.3) is 0 Å². The third-order valence-electron chi connectivity index (χ3n) is 1.87. The molecule has 1 fully saturated rings. The van der Waals surface area contributed by atoms with Crippen molar-refractivity contribution in [3.8, 4) is 0 Å². The van der Waals surface area contributed by atoms with Crippen LogP contribution < -0.4 is 0 Å². The predicted molar refractivity (Wildman–Crippen MR) is 40.3 cm³/mol. The summed E-state index contributed by atoms with van der Waals surface area (Å²) in [5.74, 6) is 0. The van der Waals surface area contributed by atoms with Crippen LogP contribution in [-0.4, -0.2) is 24.5 Å². The number of unbranched alkanes of at least 4 members (excludes halogenated alkanes) is 1. The van der Waals surface area contributed by atoms with E-state index in [2.05, 4.69) is 18.2 Å². The van der Waals surface area contributed by atoms with E-state index in [0.29, 0.717) is 0 Å². The topological polar surface area (TPSA) is 3.24 Å². The van der Waals surface area contributed by atoms with Crippen molar-refractivity contribution in [1.82, 2.24) is 4.90 Å². The van der Waals surface area contributed by atoms with Crippen molar-refractivity contribution >= 4 is 0 Å². The van der Waals surface area contributed by atoms with Crippen molar-refractivity contribution in [3.05, 3.63) is 6.42 Å². The molecule has 0 N–H and O–H groups in total. The highest BCUT2D eigenvalue weighted by atomic mass is 15.1. The molecule has 0 aromatic heterocycles. The van der Waals surface area contributed by atoms with Crippen LogP contribution in [-0.2, 0) is 0 Å². The van der Waals surface area contributed by atoms with Crippen molar-refractivity contribution < 1.29 is 0 Å². The Labute approximate surface area is 58.0 Å². The van der Waals surface area contributed by atoms with Gasteiger partial charge in [-0.2, -0.15) is 0 Å². The van der Waals surface area contributed by atoms with Gasteiger partial charge in [0, 0.05) is 6.54 Å². The summed E-state index contributed by atoms with van der Waals surface area (Å²) >= 11 is 0. The van der Waals surface area contributed by atoms with E-state index in [9.17, 15) is 0 Å². The predicted octanol–water partition coefficient (Wildman–Crippen LogP) is 1.70. The molecule has 0 aliphatic carbocycles. The number of hydrogen-bond acceptors (Lipinski definition) is 1. The van der Waals surface area contributed by atoms with E-state index in [1.807, 2.05) is 0 Å². The summed E-state index contributed by atoms with van der Waals surface area (Å²) in [6, 6.07) is 0. The quantitative estimate of drug-likeness (QED) is 0.556. The van der Waals surface area contributed by atoms with Crippen molar-refractivity contribution in [2.24, 2.45) is 0 Å². The minimum absolute atomic E-state index is 1.22. The summed E-state index contributed by atoms with van der Waals surface area (Å²) in [7, 11) is 0. The van der Waals surface area contributed by atoms with Gasteiger partial charge in [-0.1, -0.05) is 13.3 Å². The van der Waals surface area contributed by atoms with Crippen molar-refractivity contribution in [2.45, 2.75) is 26.2 Å². The summed E-state index contributed by atoms with van der Waals surface area (Å²) < 4.78 is 0. The van der Waals surface area contributed by atoms with E-state index < -0.39 is 0 Å². The Bertz CT molecular complexity index is 65.0. The lowest BCUT2D eigenvalue weighted by molar-refractivity contribution is 0.363.